The molecule has 2 aromatic carbocycles. The van der Waals surface area contributed by atoms with Crippen molar-refractivity contribution in [3.8, 4) is 6.07 Å². The van der Waals surface area contributed by atoms with Gasteiger partial charge in [0.05, 0.1) is 11.6 Å². The van der Waals surface area contributed by atoms with Crippen LogP contribution >= 0.6 is 0 Å². The molecule has 2 heterocycles. The molecule has 5 nitrogen and oxygen atoms in total. The molecule has 2 aliphatic rings. The predicted molar refractivity (Wildman–Crippen MR) is 136 cm³/mol. The molecule has 1 fully saturated rings. The van der Waals surface area contributed by atoms with Crippen molar-refractivity contribution in [3.63, 3.8) is 0 Å². The lowest BCUT2D eigenvalue weighted by Crippen LogP contribution is -2.37. The number of carbonyl (C=O) groups excluding carboxylic acids is 1. The summed E-state index contributed by atoms with van der Waals surface area (Å²) < 4.78 is 40.8. The van der Waals surface area contributed by atoms with Gasteiger partial charge in [-0.2, -0.15) is 5.26 Å². The van der Waals surface area contributed by atoms with Crippen LogP contribution in [0.3, 0.4) is 0 Å². The van der Waals surface area contributed by atoms with Crippen LogP contribution in [0.2, 0.25) is 0 Å². The number of nitriles is 1. The molecule has 0 saturated carbocycles. The number of carbonyl (C=O) groups is 1. The number of hydrogen-bond acceptors (Lipinski definition) is 4. The summed E-state index contributed by atoms with van der Waals surface area (Å²) in [6, 6.07) is 10.3. The maximum atomic E-state index is 13.9. The molecule has 0 bridgehead atoms. The van der Waals surface area contributed by atoms with Gasteiger partial charge in [0.2, 0.25) is 5.91 Å². The van der Waals surface area contributed by atoms with E-state index in [1.165, 1.54) is 18.2 Å². The van der Waals surface area contributed by atoms with Crippen LogP contribution in [0.1, 0.15) is 61.1 Å². The quantitative estimate of drug-likeness (QED) is 0.503. The van der Waals surface area contributed by atoms with Gasteiger partial charge < -0.3 is 15.5 Å². The van der Waals surface area contributed by atoms with E-state index < -0.39 is 23.4 Å². The lowest BCUT2D eigenvalue weighted by molar-refractivity contribution is -0.117. The van der Waals surface area contributed by atoms with Gasteiger partial charge in [-0.05, 0) is 93.6 Å². The van der Waals surface area contributed by atoms with Crippen molar-refractivity contribution >= 4 is 5.91 Å². The SMILES string of the molecule is C=C1CC(c2ccc(F)c(F)c2)C(C(=O)NCCCN2CCC(c3ccc(F)cc3C#N)CC2)=C(C)N1. The maximum absolute atomic E-state index is 13.9. The third-order valence-electron chi connectivity index (χ3n) is 7.26. The highest BCUT2D eigenvalue weighted by Crippen LogP contribution is 2.36. The fourth-order valence-electron chi connectivity index (χ4n) is 5.38. The standard InChI is InChI=1S/C29H31F3N4O/c1-18-14-25(21-4-7-26(31)27(32)16-21)28(19(2)35-18)29(37)34-10-3-11-36-12-8-20(9-13-36)24-6-5-23(30)15-22(24)17-33/h4-7,15-16,20,25,35H,1,3,8-14H2,2H3,(H,34,37). The van der Waals surface area contributed by atoms with Crippen LogP contribution in [0.25, 0.3) is 0 Å². The van der Waals surface area contributed by atoms with Gasteiger partial charge in [-0.15, -0.1) is 0 Å². The molecule has 2 N–H and O–H groups in total. The van der Waals surface area contributed by atoms with Crippen LogP contribution in [-0.4, -0.2) is 37.0 Å². The molecule has 8 heteroatoms. The molecule has 1 atom stereocenters. The summed E-state index contributed by atoms with van der Waals surface area (Å²) in [5, 5.41) is 15.4. The highest BCUT2D eigenvalue weighted by molar-refractivity contribution is 5.96. The van der Waals surface area contributed by atoms with Gasteiger partial charge in [-0.3, -0.25) is 4.79 Å². The van der Waals surface area contributed by atoms with Crippen LogP contribution in [-0.2, 0) is 4.79 Å². The molecule has 0 radical (unpaired) electrons. The summed E-state index contributed by atoms with van der Waals surface area (Å²) in [4.78, 5) is 15.4. The highest BCUT2D eigenvalue weighted by atomic mass is 19.2. The second-order valence-corrected chi connectivity index (χ2v) is 9.77. The van der Waals surface area contributed by atoms with E-state index in [-0.39, 0.29) is 11.8 Å². The number of hydrogen-bond donors (Lipinski definition) is 2. The van der Waals surface area contributed by atoms with Gasteiger partial charge in [0.25, 0.3) is 0 Å². The van der Waals surface area contributed by atoms with Crippen molar-refractivity contribution in [2.45, 2.75) is 44.4 Å². The minimum absolute atomic E-state index is 0.230. The number of nitrogens with zero attached hydrogens (tertiary/aromatic N) is 2. The molecule has 2 aromatic rings. The maximum Gasteiger partial charge on any atom is 0.249 e. The van der Waals surface area contributed by atoms with Gasteiger partial charge in [0.1, 0.15) is 5.82 Å². The number of allylic oxidation sites excluding steroid dienone is 2. The molecule has 37 heavy (non-hydrogen) atoms. The van der Waals surface area contributed by atoms with Gasteiger partial charge in [-0.1, -0.05) is 18.7 Å². The second-order valence-electron chi connectivity index (χ2n) is 9.77. The highest BCUT2D eigenvalue weighted by Gasteiger charge is 2.30. The first-order chi connectivity index (χ1) is 17.8. The fourth-order valence-corrected chi connectivity index (χ4v) is 5.38. The zero-order valence-corrected chi connectivity index (χ0v) is 20.9. The lowest BCUT2D eigenvalue weighted by Gasteiger charge is -2.32. The van der Waals surface area contributed by atoms with E-state index in [0.29, 0.717) is 35.4 Å². The van der Waals surface area contributed by atoms with E-state index >= 15 is 0 Å². The third-order valence-corrected chi connectivity index (χ3v) is 7.26. The summed E-state index contributed by atoms with van der Waals surface area (Å²) in [5.41, 5.74) is 3.74. The van der Waals surface area contributed by atoms with Crippen LogP contribution in [0.4, 0.5) is 13.2 Å². The van der Waals surface area contributed by atoms with Crippen LogP contribution < -0.4 is 10.6 Å². The molecule has 0 aromatic heterocycles. The van der Waals surface area contributed by atoms with Gasteiger partial charge in [0.15, 0.2) is 11.6 Å². The Morgan fingerprint density at radius 3 is 2.62 bits per heavy atom. The Hall–Kier alpha value is -3.57. The molecule has 1 amide bonds. The monoisotopic (exact) mass is 508 g/mol. The Morgan fingerprint density at radius 1 is 1.16 bits per heavy atom. The molecule has 0 aliphatic carbocycles. The number of halogens is 3. The normalized spacial score (nSPS) is 18.9. The van der Waals surface area contributed by atoms with Gasteiger partial charge in [0, 0.05) is 29.4 Å². The Morgan fingerprint density at radius 2 is 1.92 bits per heavy atom. The van der Waals surface area contributed by atoms with E-state index in [1.54, 1.807) is 13.0 Å². The summed E-state index contributed by atoms with van der Waals surface area (Å²) in [7, 11) is 0. The smallest absolute Gasteiger partial charge is 0.249 e. The summed E-state index contributed by atoms with van der Waals surface area (Å²) in [6.45, 7) is 8.79. The average Bonchev–Trinajstić information content (AvgIpc) is 2.88. The van der Waals surface area contributed by atoms with Crippen LogP contribution in [0.5, 0.6) is 0 Å². The minimum atomic E-state index is -0.939. The molecular formula is C29H31F3N4O. The molecule has 0 spiro atoms. The van der Waals surface area contributed by atoms with Crippen LogP contribution in [0.15, 0.2) is 59.9 Å². The molecule has 4 rings (SSSR count). The largest absolute Gasteiger partial charge is 0.363 e. The summed E-state index contributed by atoms with van der Waals surface area (Å²) >= 11 is 0. The van der Waals surface area contributed by atoms with Crippen molar-refractivity contribution in [2.75, 3.05) is 26.2 Å². The van der Waals surface area contributed by atoms with E-state index in [9.17, 15) is 23.2 Å². The number of rotatable bonds is 7. The summed E-state index contributed by atoms with van der Waals surface area (Å²) in [5.74, 6) is -2.65. The molecule has 1 unspecified atom stereocenters. The average molecular weight is 509 g/mol. The zero-order chi connectivity index (χ0) is 26.5. The van der Waals surface area contributed by atoms with Crippen molar-refractivity contribution in [2.24, 2.45) is 0 Å². The van der Waals surface area contributed by atoms with Crippen molar-refractivity contribution in [1.29, 1.82) is 5.26 Å². The van der Waals surface area contributed by atoms with Crippen molar-refractivity contribution in [1.82, 2.24) is 15.5 Å². The van der Waals surface area contributed by atoms with E-state index in [0.717, 1.165) is 62.3 Å². The van der Waals surface area contributed by atoms with Gasteiger partial charge in [-0.25, -0.2) is 13.2 Å². The molecular weight excluding hydrogens is 477 g/mol. The van der Waals surface area contributed by atoms with E-state index in [4.69, 9.17) is 0 Å². The van der Waals surface area contributed by atoms with E-state index in [1.807, 2.05) is 0 Å². The predicted octanol–water partition coefficient (Wildman–Crippen LogP) is 5.23. The van der Waals surface area contributed by atoms with Gasteiger partial charge >= 0.3 is 0 Å². The number of piperidine rings is 1. The third kappa shape index (κ3) is 6.23. The Labute approximate surface area is 215 Å². The molecule has 194 valence electrons. The first kappa shape index (κ1) is 26.5. The number of nitrogens with one attached hydrogen (secondary N) is 2. The molecule has 2 aliphatic heterocycles. The minimum Gasteiger partial charge on any atom is -0.363 e. The van der Waals surface area contributed by atoms with Crippen LogP contribution in [0, 0.1) is 28.8 Å². The number of likely N-dealkylation sites (tertiary alicyclic amines) is 1. The first-order valence-corrected chi connectivity index (χ1v) is 12.6. The Bertz CT molecular complexity index is 1260. The molecule has 1 saturated heterocycles. The lowest BCUT2D eigenvalue weighted by atomic mass is 9.83. The van der Waals surface area contributed by atoms with Crippen molar-refractivity contribution < 1.29 is 18.0 Å². The first-order valence-electron chi connectivity index (χ1n) is 12.6. The van der Waals surface area contributed by atoms with Crippen molar-refractivity contribution in [3.05, 3.63) is 94.1 Å². The Kier molecular flexibility index (Phi) is 8.34. The number of amides is 1. The second kappa shape index (κ2) is 11.7. The summed E-state index contributed by atoms with van der Waals surface area (Å²) in [6.07, 6.45) is 2.97. The topological polar surface area (TPSA) is 68.2 Å². The van der Waals surface area contributed by atoms with E-state index in [2.05, 4.69) is 28.2 Å². The number of benzene rings is 2. The Balaban J connectivity index is 1.29. The zero-order valence-electron chi connectivity index (χ0n) is 20.9. The fraction of sp³-hybridized carbons (Fsp3) is 0.379.